The van der Waals surface area contributed by atoms with E-state index in [0.717, 1.165) is 22.3 Å². The summed E-state index contributed by atoms with van der Waals surface area (Å²) in [6.07, 6.45) is 2.36. The standard InChI is InChI=1S/C32H33FN2O4S/c1-21(24-12-8-9-13-25(24)23-16-18-34(19-17-23)30(36)39-32(2,3)4)35-26-14-15-27(28(33)29(26)38-31(35)37)40-20-22-10-6-5-7-11-22/h5-16,21H,17-20H2,1-4H3. The molecule has 6 nitrogen and oxygen atoms in total. The summed E-state index contributed by atoms with van der Waals surface area (Å²) in [6.45, 7) is 8.45. The van der Waals surface area contributed by atoms with Crippen molar-refractivity contribution in [3.63, 3.8) is 0 Å². The van der Waals surface area contributed by atoms with Crippen molar-refractivity contribution in [2.24, 2.45) is 0 Å². The van der Waals surface area contributed by atoms with Gasteiger partial charge < -0.3 is 14.1 Å². The molecular formula is C32H33FN2O4S. The average Bonchev–Trinajstić information content (AvgIpc) is 3.28. The van der Waals surface area contributed by atoms with Gasteiger partial charge in [-0.15, -0.1) is 11.8 Å². The Bertz CT molecular complexity index is 1620. The van der Waals surface area contributed by atoms with Crippen molar-refractivity contribution in [3.05, 3.63) is 106 Å². The zero-order valence-electron chi connectivity index (χ0n) is 23.1. The Balaban J connectivity index is 1.41. The summed E-state index contributed by atoms with van der Waals surface area (Å²) in [4.78, 5) is 27.7. The predicted octanol–water partition coefficient (Wildman–Crippen LogP) is 7.66. The van der Waals surface area contributed by atoms with Crippen molar-refractivity contribution in [1.82, 2.24) is 9.47 Å². The van der Waals surface area contributed by atoms with Crippen molar-refractivity contribution in [2.45, 2.75) is 56.4 Å². The molecule has 0 fully saturated rings. The molecule has 1 aliphatic rings. The van der Waals surface area contributed by atoms with Crippen molar-refractivity contribution in [3.8, 4) is 0 Å². The Morgan fingerprint density at radius 3 is 2.50 bits per heavy atom. The molecular weight excluding hydrogens is 527 g/mol. The Labute approximate surface area is 237 Å². The lowest BCUT2D eigenvalue weighted by atomic mass is 9.92. The lowest BCUT2D eigenvalue weighted by molar-refractivity contribution is 0.0270. The fraction of sp³-hybridized carbons (Fsp3) is 0.312. The number of hydrogen-bond donors (Lipinski definition) is 0. The van der Waals surface area contributed by atoms with E-state index in [0.29, 0.717) is 35.7 Å². The number of amides is 1. The molecule has 1 atom stereocenters. The van der Waals surface area contributed by atoms with Gasteiger partial charge in [0.25, 0.3) is 0 Å². The van der Waals surface area contributed by atoms with Gasteiger partial charge in [0.1, 0.15) is 5.60 Å². The van der Waals surface area contributed by atoms with Gasteiger partial charge in [0.15, 0.2) is 11.4 Å². The van der Waals surface area contributed by atoms with E-state index in [9.17, 15) is 9.59 Å². The van der Waals surface area contributed by atoms with Crippen LogP contribution in [0.3, 0.4) is 0 Å². The number of ether oxygens (including phenoxy) is 1. The highest BCUT2D eigenvalue weighted by molar-refractivity contribution is 7.98. The van der Waals surface area contributed by atoms with Gasteiger partial charge in [0.2, 0.25) is 0 Å². The van der Waals surface area contributed by atoms with E-state index in [4.69, 9.17) is 9.15 Å². The van der Waals surface area contributed by atoms with E-state index in [1.807, 2.05) is 88.4 Å². The van der Waals surface area contributed by atoms with Gasteiger partial charge >= 0.3 is 11.8 Å². The van der Waals surface area contributed by atoms with Gasteiger partial charge in [-0.2, -0.15) is 0 Å². The molecule has 8 heteroatoms. The molecule has 40 heavy (non-hydrogen) atoms. The first-order valence-electron chi connectivity index (χ1n) is 13.4. The number of halogens is 1. The van der Waals surface area contributed by atoms with Gasteiger partial charge in [0, 0.05) is 23.7 Å². The van der Waals surface area contributed by atoms with E-state index >= 15 is 4.39 Å². The lowest BCUT2D eigenvalue weighted by Crippen LogP contribution is -2.39. The smallest absolute Gasteiger partial charge is 0.420 e. The van der Waals surface area contributed by atoms with Crippen LogP contribution in [0.2, 0.25) is 0 Å². The maximum atomic E-state index is 15.5. The fourth-order valence-electron chi connectivity index (χ4n) is 4.96. The molecule has 3 aromatic carbocycles. The van der Waals surface area contributed by atoms with Crippen LogP contribution in [0.25, 0.3) is 16.7 Å². The van der Waals surface area contributed by atoms with E-state index in [1.54, 1.807) is 17.0 Å². The number of carbonyl (C=O) groups is 1. The maximum Gasteiger partial charge on any atom is 0.420 e. The summed E-state index contributed by atoms with van der Waals surface area (Å²) in [5, 5.41) is 0. The third-order valence-electron chi connectivity index (χ3n) is 6.93. The van der Waals surface area contributed by atoms with E-state index in [1.165, 1.54) is 16.3 Å². The molecule has 2 heterocycles. The summed E-state index contributed by atoms with van der Waals surface area (Å²) in [6, 6.07) is 20.8. The number of fused-ring (bicyclic) bond motifs is 1. The van der Waals surface area contributed by atoms with Crippen LogP contribution in [-0.4, -0.2) is 34.3 Å². The van der Waals surface area contributed by atoms with Gasteiger partial charge in [-0.05, 0) is 68.5 Å². The number of benzene rings is 3. The van der Waals surface area contributed by atoms with Crippen LogP contribution in [0.4, 0.5) is 9.18 Å². The highest BCUT2D eigenvalue weighted by atomic mass is 32.2. The largest absolute Gasteiger partial charge is 0.444 e. The summed E-state index contributed by atoms with van der Waals surface area (Å²) in [5.41, 5.74) is 3.93. The first-order valence-corrected chi connectivity index (χ1v) is 14.4. The Hall–Kier alpha value is -3.78. The third kappa shape index (κ3) is 5.87. The summed E-state index contributed by atoms with van der Waals surface area (Å²) < 4.78 is 28.0. The molecule has 0 saturated carbocycles. The minimum Gasteiger partial charge on any atom is -0.444 e. The lowest BCUT2D eigenvalue weighted by Gasteiger charge is -2.30. The summed E-state index contributed by atoms with van der Waals surface area (Å²) in [5.74, 6) is -0.513. The molecule has 0 spiro atoms. The fourth-order valence-corrected chi connectivity index (χ4v) is 5.86. The maximum absolute atomic E-state index is 15.5. The number of nitrogens with zero attached hydrogens (tertiary/aromatic N) is 2. The molecule has 5 rings (SSSR count). The molecule has 0 radical (unpaired) electrons. The SMILES string of the molecule is CC(c1ccccc1C1=CCN(C(=O)OC(C)(C)C)CC1)n1c(=O)oc2c(F)c(SCc3ccccc3)ccc21. The number of rotatable bonds is 6. The second kappa shape index (κ2) is 11.4. The molecule has 1 aromatic heterocycles. The van der Waals surface area contributed by atoms with Crippen LogP contribution in [0.1, 0.15) is 56.8 Å². The van der Waals surface area contributed by atoms with E-state index in [-0.39, 0.29) is 11.7 Å². The molecule has 1 aliphatic heterocycles. The Morgan fingerprint density at radius 1 is 1.07 bits per heavy atom. The van der Waals surface area contributed by atoms with Crippen LogP contribution < -0.4 is 5.76 Å². The van der Waals surface area contributed by atoms with Gasteiger partial charge in [0.05, 0.1) is 11.6 Å². The summed E-state index contributed by atoms with van der Waals surface area (Å²) >= 11 is 1.37. The minimum absolute atomic E-state index is 0.0303. The van der Waals surface area contributed by atoms with Gasteiger partial charge in [-0.1, -0.05) is 60.7 Å². The topological polar surface area (TPSA) is 64.7 Å². The van der Waals surface area contributed by atoms with Crippen LogP contribution in [-0.2, 0) is 10.5 Å². The van der Waals surface area contributed by atoms with E-state index in [2.05, 4.69) is 0 Å². The number of carbonyl (C=O) groups excluding carboxylic acids is 1. The zero-order chi connectivity index (χ0) is 28.4. The first kappa shape index (κ1) is 27.8. The van der Waals surface area contributed by atoms with Crippen molar-refractivity contribution in [2.75, 3.05) is 13.1 Å². The molecule has 0 bridgehead atoms. The van der Waals surface area contributed by atoms with Crippen molar-refractivity contribution in [1.29, 1.82) is 0 Å². The Kier molecular flexibility index (Phi) is 7.90. The highest BCUT2D eigenvalue weighted by Gasteiger charge is 2.26. The molecule has 208 valence electrons. The highest BCUT2D eigenvalue weighted by Crippen LogP contribution is 2.34. The second-order valence-electron chi connectivity index (χ2n) is 10.9. The van der Waals surface area contributed by atoms with Crippen LogP contribution in [0, 0.1) is 5.82 Å². The quantitative estimate of drug-likeness (QED) is 0.227. The molecule has 1 amide bonds. The average molecular weight is 561 g/mol. The van der Waals surface area contributed by atoms with Crippen molar-refractivity contribution >= 4 is 34.5 Å². The predicted molar refractivity (Wildman–Crippen MR) is 157 cm³/mol. The molecule has 0 saturated heterocycles. The normalized spacial score (nSPS) is 14.7. The first-order chi connectivity index (χ1) is 19.1. The number of oxazole rings is 1. The molecule has 0 N–H and O–H groups in total. The van der Waals surface area contributed by atoms with E-state index < -0.39 is 23.2 Å². The van der Waals surface area contributed by atoms with Crippen LogP contribution in [0.5, 0.6) is 0 Å². The Morgan fingerprint density at radius 2 is 1.80 bits per heavy atom. The monoisotopic (exact) mass is 560 g/mol. The third-order valence-corrected chi connectivity index (χ3v) is 8.03. The minimum atomic E-state index is -0.602. The number of hydrogen-bond acceptors (Lipinski definition) is 5. The van der Waals surface area contributed by atoms with Crippen LogP contribution >= 0.6 is 11.8 Å². The van der Waals surface area contributed by atoms with Crippen molar-refractivity contribution < 1.29 is 18.3 Å². The molecule has 0 aliphatic carbocycles. The van der Waals surface area contributed by atoms with Gasteiger partial charge in [-0.25, -0.2) is 14.0 Å². The molecule has 4 aromatic rings. The number of thioether (sulfide) groups is 1. The number of aromatic nitrogens is 1. The second-order valence-corrected chi connectivity index (χ2v) is 11.9. The van der Waals surface area contributed by atoms with Crippen LogP contribution in [0.15, 0.2) is 86.9 Å². The molecule has 1 unspecified atom stereocenters. The zero-order valence-corrected chi connectivity index (χ0v) is 24.0. The summed E-state index contributed by atoms with van der Waals surface area (Å²) in [7, 11) is 0. The van der Waals surface area contributed by atoms with Gasteiger partial charge in [-0.3, -0.25) is 4.57 Å².